The molecule has 2 rings (SSSR count). The molecule has 2 aliphatic rings. The zero-order valence-electron chi connectivity index (χ0n) is 14.1. The summed E-state index contributed by atoms with van der Waals surface area (Å²) in [7, 11) is 0. The SMILES string of the molecule is CCC1(CC)CN(C2CCCC2SC)C(C(C)C)CN1. The second-order valence-electron chi connectivity index (χ2n) is 7.12. The van der Waals surface area contributed by atoms with Gasteiger partial charge in [0.2, 0.25) is 0 Å². The van der Waals surface area contributed by atoms with Crippen molar-refractivity contribution in [2.24, 2.45) is 5.92 Å². The quantitative estimate of drug-likeness (QED) is 0.832. The van der Waals surface area contributed by atoms with Gasteiger partial charge in [-0.3, -0.25) is 4.90 Å². The molecule has 0 aromatic heterocycles. The lowest BCUT2D eigenvalue weighted by Crippen LogP contribution is -2.67. The molecule has 0 spiro atoms. The molecule has 3 atom stereocenters. The molecule has 3 unspecified atom stereocenters. The molecule has 1 heterocycles. The number of thioether (sulfide) groups is 1. The maximum Gasteiger partial charge on any atom is 0.0304 e. The molecule has 20 heavy (non-hydrogen) atoms. The zero-order valence-corrected chi connectivity index (χ0v) is 14.9. The molecule has 1 saturated carbocycles. The van der Waals surface area contributed by atoms with E-state index in [1.807, 2.05) is 0 Å². The fourth-order valence-corrected chi connectivity index (χ4v) is 5.24. The van der Waals surface area contributed by atoms with Crippen LogP contribution in [0.5, 0.6) is 0 Å². The maximum atomic E-state index is 3.90. The first kappa shape index (κ1) is 16.6. The normalized spacial score (nSPS) is 34.8. The highest BCUT2D eigenvalue weighted by atomic mass is 32.2. The molecule has 0 amide bonds. The fraction of sp³-hybridized carbons (Fsp3) is 1.00. The van der Waals surface area contributed by atoms with Gasteiger partial charge >= 0.3 is 0 Å². The van der Waals surface area contributed by atoms with E-state index in [0.29, 0.717) is 5.54 Å². The predicted molar refractivity (Wildman–Crippen MR) is 91.6 cm³/mol. The van der Waals surface area contributed by atoms with Crippen LogP contribution in [0.3, 0.4) is 0 Å². The van der Waals surface area contributed by atoms with Crippen molar-refractivity contribution >= 4 is 11.8 Å². The average molecular weight is 299 g/mol. The first-order chi connectivity index (χ1) is 9.56. The van der Waals surface area contributed by atoms with Crippen molar-refractivity contribution in [1.82, 2.24) is 10.2 Å². The molecular weight excluding hydrogens is 264 g/mol. The van der Waals surface area contributed by atoms with Crippen LogP contribution in [0.15, 0.2) is 0 Å². The Kier molecular flexibility index (Phi) is 5.84. The van der Waals surface area contributed by atoms with Gasteiger partial charge in [0.15, 0.2) is 0 Å². The molecule has 0 bridgehead atoms. The molecule has 0 aromatic rings. The number of nitrogens with one attached hydrogen (secondary N) is 1. The maximum absolute atomic E-state index is 3.90. The molecule has 0 radical (unpaired) electrons. The average Bonchev–Trinajstić information content (AvgIpc) is 2.94. The summed E-state index contributed by atoms with van der Waals surface area (Å²) >= 11 is 2.10. The van der Waals surface area contributed by atoms with Crippen molar-refractivity contribution in [3.63, 3.8) is 0 Å². The number of rotatable bonds is 5. The third-order valence-electron chi connectivity index (χ3n) is 5.87. The van der Waals surface area contributed by atoms with Gasteiger partial charge in [0.1, 0.15) is 0 Å². The minimum atomic E-state index is 0.358. The van der Waals surface area contributed by atoms with Gasteiger partial charge in [-0.1, -0.05) is 34.1 Å². The molecule has 2 nitrogen and oxygen atoms in total. The second kappa shape index (κ2) is 7.02. The van der Waals surface area contributed by atoms with E-state index in [9.17, 15) is 0 Å². The minimum Gasteiger partial charge on any atom is -0.308 e. The Morgan fingerprint density at radius 3 is 2.50 bits per heavy atom. The smallest absolute Gasteiger partial charge is 0.0304 e. The highest BCUT2D eigenvalue weighted by Gasteiger charge is 2.43. The number of nitrogens with zero attached hydrogens (tertiary/aromatic N) is 1. The van der Waals surface area contributed by atoms with Crippen LogP contribution in [-0.4, -0.2) is 47.1 Å². The third-order valence-corrected chi connectivity index (χ3v) is 7.02. The molecule has 118 valence electrons. The van der Waals surface area contributed by atoms with Crippen molar-refractivity contribution in [3.05, 3.63) is 0 Å². The lowest BCUT2D eigenvalue weighted by Gasteiger charge is -2.52. The Morgan fingerprint density at radius 2 is 1.95 bits per heavy atom. The van der Waals surface area contributed by atoms with Gasteiger partial charge in [0.25, 0.3) is 0 Å². The lowest BCUT2D eigenvalue weighted by molar-refractivity contribution is 0.0201. The topological polar surface area (TPSA) is 15.3 Å². The van der Waals surface area contributed by atoms with E-state index in [1.165, 1.54) is 45.2 Å². The van der Waals surface area contributed by atoms with Crippen LogP contribution >= 0.6 is 11.8 Å². The highest BCUT2D eigenvalue weighted by molar-refractivity contribution is 7.99. The summed E-state index contributed by atoms with van der Waals surface area (Å²) in [5.74, 6) is 0.748. The van der Waals surface area contributed by atoms with Gasteiger partial charge in [0, 0.05) is 36.0 Å². The van der Waals surface area contributed by atoms with Crippen LogP contribution in [0, 0.1) is 5.92 Å². The lowest BCUT2D eigenvalue weighted by atomic mass is 9.85. The summed E-state index contributed by atoms with van der Waals surface area (Å²) in [5, 5.41) is 4.76. The molecule has 3 heteroatoms. The first-order valence-corrected chi connectivity index (χ1v) is 9.89. The van der Waals surface area contributed by atoms with Crippen LogP contribution in [0.1, 0.15) is 59.8 Å². The van der Waals surface area contributed by atoms with Gasteiger partial charge < -0.3 is 5.32 Å². The Bertz CT molecular complexity index is 301. The van der Waals surface area contributed by atoms with Crippen molar-refractivity contribution in [1.29, 1.82) is 0 Å². The molecular formula is C17H34N2S. The van der Waals surface area contributed by atoms with Gasteiger partial charge in [-0.05, 0) is 37.9 Å². The van der Waals surface area contributed by atoms with Crippen LogP contribution in [0.2, 0.25) is 0 Å². The molecule has 2 fully saturated rings. The zero-order chi connectivity index (χ0) is 14.8. The predicted octanol–water partition coefficient (Wildman–Crippen LogP) is 3.76. The van der Waals surface area contributed by atoms with Gasteiger partial charge in [-0.25, -0.2) is 0 Å². The molecule has 0 aromatic carbocycles. The summed E-state index contributed by atoms with van der Waals surface area (Å²) in [4.78, 5) is 2.91. The van der Waals surface area contributed by atoms with Crippen LogP contribution in [-0.2, 0) is 0 Å². The first-order valence-electron chi connectivity index (χ1n) is 8.60. The number of piperazine rings is 1. The Balaban J connectivity index is 2.18. The van der Waals surface area contributed by atoms with E-state index in [0.717, 1.165) is 23.3 Å². The summed E-state index contributed by atoms with van der Waals surface area (Å²) in [6.45, 7) is 11.9. The summed E-state index contributed by atoms with van der Waals surface area (Å²) < 4.78 is 0. The van der Waals surface area contributed by atoms with E-state index >= 15 is 0 Å². The second-order valence-corrected chi connectivity index (χ2v) is 8.20. The van der Waals surface area contributed by atoms with Crippen LogP contribution in [0.4, 0.5) is 0 Å². The minimum absolute atomic E-state index is 0.358. The van der Waals surface area contributed by atoms with Gasteiger partial charge in [0.05, 0.1) is 0 Å². The molecule has 1 aliphatic carbocycles. The summed E-state index contributed by atoms with van der Waals surface area (Å²) in [5.41, 5.74) is 0.358. The summed E-state index contributed by atoms with van der Waals surface area (Å²) in [6, 6.07) is 1.54. The van der Waals surface area contributed by atoms with E-state index in [4.69, 9.17) is 0 Å². The van der Waals surface area contributed by atoms with E-state index in [-0.39, 0.29) is 0 Å². The van der Waals surface area contributed by atoms with Crippen molar-refractivity contribution in [2.75, 3.05) is 19.3 Å². The van der Waals surface area contributed by atoms with Gasteiger partial charge in [-0.15, -0.1) is 0 Å². The van der Waals surface area contributed by atoms with E-state index in [2.05, 4.69) is 55.9 Å². The fourth-order valence-electron chi connectivity index (χ4n) is 4.23. The molecule has 1 N–H and O–H groups in total. The largest absolute Gasteiger partial charge is 0.308 e. The van der Waals surface area contributed by atoms with E-state index < -0.39 is 0 Å². The molecule has 1 saturated heterocycles. The number of hydrogen-bond donors (Lipinski definition) is 1. The van der Waals surface area contributed by atoms with Crippen molar-refractivity contribution in [2.45, 2.75) is 82.7 Å². The van der Waals surface area contributed by atoms with Gasteiger partial charge in [-0.2, -0.15) is 11.8 Å². The summed E-state index contributed by atoms with van der Waals surface area (Å²) in [6.07, 6.45) is 9.08. The Morgan fingerprint density at radius 1 is 1.25 bits per heavy atom. The van der Waals surface area contributed by atoms with Crippen molar-refractivity contribution in [3.8, 4) is 0 Å². The third kappa shape index (κ3) is 3.20. The molecule has 1 aliphatic heterocycles. The number of hydrogen-bond acceptors (Lipinski definition) is 3. The van der Waals surface area contributed by atoms with Crippen LogP contribution in [0.25, 0.3) is 0 Å². The van der Waals surface area contributed by atoms with Crippen molar-refractivity contribution < 1.29 is 0 Å². The Labute approximate surface area is 130 Å². The van der Waals surface area contributed by atoms with E-state index in [1.54, 1.807) is 0 Å². The monoisotopic (exact) mass is 298 g/mol. The van der Waals surface area contributed by atoms with Crippen LogP contribution < -0.4 is 5.32 Å². The highest BCUT2D eigenvalue weighted by Crippen LogP contribution is 2.37. The standard InChI is InChI=1S/C17H34N2S/c1-6-17(7-2)12-19(15(11-18-17)13(3)4)14-9-8-10-16(14)20-5/h13-16,18H,6-12H2,1-5H3. The Hall–Kier alpha value is 0.270.